The second-order valence-corrected chi connectivity index (χ2v) is 5.73. The molecule has 1 saturated heterocycles. The monoisotopic (exact) mass is 252 g/mol. The SMILES string of the molecule is O=C([C@H]1C[C@H](O)CN1)N1CCc2sccc2C1. The van der Waals surface area contributed by atoms with Crippen LogP contribution in [0, 0.1) is 0 Å². The fraction of sp³-hybridized carbons (Fsp3) is 0.583. The van der Waals surface area contributed by atoms with E-state index < -0.39 is 0 Å². The summed E-state index contributed by atoms with van der Waals surface area (Å²) in [4.78, 5) is 15.6. The van der Waals surface area contributed by atoms with Gasteiger partial charge < -0.3 is 15.3 Å². The van der Waals surface area contributed by atoms with Gasteiger partial charge in [-0.15, -0.1) is 11.3 Å². The Balaban J connectivity index is 1.68. The highest BCUT2D eigenvalue weighted by atomic mass is 32.1. The predicted octanol–water partition coefficient (Wildman–Crippen LogP) is 0.356. The molecule has 0 spiro atoms. The summed E-state index contributed by atoms with van der Waals surface area (Å²) in [5.41, 5.74) is 1.29. The smallest absolute Gasteiger partial charge is 0.240 e. The van der Waals surface area contributed by atoms with Crippen molar-refractivity contribution >= 4 is 17.2 Å². The molecular weight excluding hydrogens is 236 g/mol. The molecular formula is C12H16N2O2S. The zero-order valence-corrected chi connectivity index (χ0v) is 10.4. The summed E-state index contributed by atoms with van der Waals surface area (Å²) in [7, 11) is 0. The lowest BCUT2D eigenvalue weighted by Crippen LogP contribution is -2.45. The Morgan fingerprint density at radius 2 is 2.47 bits per heavy atom. The van der Waals surface area contributed by atoms with Crippen LogP contribution in [0.4, 0.5) is 0 Å². The van der Waals surface area contributed by atoms with Crippen molar-refractivity contribution in [1.29, 1.82) is 0 Å². The average Bonchev–Trinajstić information content (AvgIpc) is 2.95. The van der Waals surface area contributed by atoms with Gasteiger partial charge in [-0.25, -0.2) is 0 Å². The maximum absolute atomic E-state index is 12.2. The topological polar surface area (TPSA) is 52.6 Å². The molecule has 0 aliphatic carbocycles. The maximum atomic E-state index is 12.2. The van der Waals surface area contributed by atoms with E-state index in [0.717, 1.165) is 19.5 Å². The third-order valence-electron chi connectivity index (χ3n) is 3.53. The van der Waals surface area contributed by atoms with E-state index in [-0.39, 0.29) is 18.1 Å². The first-order chi connectivity index (χ1) is 8.24. The Hall–Kier alpha value is -0.910. The molecule has 2 aliphatic heterocycles. The number of hydrogen-bond acceptors (Lipinski definition) is 4. The molecule has 2 atom stereocenters. The van der Waals surface area contributed by atoms with Crippen molar-refractivity contribution < 1.29 is 9.90 Å². The fourth-order valence-corrected chi connectivity index (χ4v) is 3.45. The molecule has 5 heteroatoms. The van der Waals surface area contributed by atoms with Crippen LogP contribution in [0.5, 0.6) is 0 Å². The van der Waals surface area contributed by atoms with Gasteiger partial charge in [0.2, 0.25) is 5.91 Å². The van der Waals surface area contributed by atoms with Gasteiger partial charge in [-0.2, -0.15) is 0 Å². The van der Waals surface area contributed by atoms with E-state index in [1.807, 2.05) is 4.90 Å². The van der Waals surface area contributed by atoms with Crippen LogP contribution in [0.2, 0.25) is 0 Å². The molecule has 1 aromatic heterocycles. The van der Waals surface area contributed by atoms with Gasteiger partial charge >= 0.3 is 0 Å². The van der Waals surface area contributed by atoms with E-state index in [0.29, 0.717) is 13.0 Å². The second kappa shape index (κ2) is 4.40. The first-order valence-corrected chi connectivity index (χ1v) is 6.87. The molecule has 2 aliphatic rings. The van der Waals surface area contributed by atoms with Crippen molar-refractivity contribution in [3.63, 3.8) is 0 Å². The van der Waals surface area contributed by atoms with Crippen LogP contribution in [0.15, 0.2) is 11.4 Å². The Kier molecular flexibility index (Phi) is 2.90. The summed E-state index contributed by atoms with van der Waals surface area (Å²) in [6.45, 7) is 2.07. The fourth-order valence-electron chi connectivity index (χ4n) is 2.56. The first-order valence-electron chi connectivity index (χ1n) is 5.99. The van der Waals surface area contributed by atoms with Crippen molar-refractivity contribution in [2.75, 3.05) is 13.1 Å². The minimum atomic E-state index is -0.370. The van der Waals surface area contributed by atoms with Crippen LogP contribution < -0.4 is 5.32 Å². The quantitative estimate of drug-likeness (QED) is 0.758. The van der Waals surface area contributed by atoms with Crippen molar-refractivity contribution in [2.45, 2.75) is 31.5 Å². The van der Waals surface area contributed by atoms with Gasteiger partial charge in [-0.3, -0.25) is 4.79 Å². The van der Waals surface area contributed by atoms with Crippen LogP contribution in [-0.4, -0.2) is 41.1 Å². The summed E-state index contributed by atoms with van der Waals surface area (Å²) in [6.07, 6.45) is 1.14. The van der Waals surface area contributed by atoms with Crippen molar-refractivity contribution in [3.8, 4) is 0 Å². The lowest BCUT2D eigenvalue weighted by atomic mass is 10.1. The Bertz CT molecular complexity index is 432. The zero-order chi connectivity index (χ0) is 11.8. The minimum Gasteiger partial charge on any atom is -0.392 e. The van der Waals surface area contributed by atoms with E-state index in [1.165, 1.54) is 10.4 Å². The Morgan fingerprint density at radius 3 is 3.24 bits per heavy atom. The van der Waals surface area contributed by atoms with E-state index in [4.69, 9.17) is 0 Å². The molecule has 1 amide bonds. The van der Waals surface area contributed by atoms with Crippen LogP contribution >= 0.6 is 11.3 Å². The molecule has 0 aromatic carbocycles. The zero-order valence-electron chi connectivity index (χ0n) is 9.56. The number of aliphatic hydroxyl groups is 1. The molecule has 3 rings (SSSR count). The number of thiophene rings is 1. The molecule has 0 saturated carbocycles. The Morgan fingerprint density at radius 1 is 1.59 bits per heavy atom. The number of nitrogens with zero attached hydrogens (tertiary/aromatic N) is 1. The molecule has 0 radical (unpaired) electrons. The molecule has 92 valence electrons. The highest BCUT2D eigenvalue weighted by Crippen LogP contribution is 2.25. The van der Waals surface area contributed by atoms with Gasteiger partial charge in [0.05, 0.1) is 12.1 Å². The number of hydrogen-bond donors (Lipinski definition) is 2. The summed E-state index contributed by atoms with van der Waals surface area (Å²) >= 11 is 1.78. The lowest BCUT2D eigenvalue weighted by Gasteiger charge is -2.29. The lowest BCUT2D eigenvalue weighted by molar-refractivity contribution is -0.134. The normalized spacial score (nSPS) is 28.2. The van der Waals surface area contributed by atoms with Gasteiger partial charge in [0.15, 0.2) is 0 Å². The van der Waals surface area contributed by atoms with Crippen LogP contribution in [-0.2, 0) is 17.8 Å². The standard InChI is InChI=1S/C12H16N2O2S/c15-9-5-10(13-6-9)12(16)14-3-1-11-8(7-14)2-4-17-11/h2,4,9-10,13,15H,1,3,5-7H2/t9-,10+/m0/s1. The molecule has 0 unspecified atom stereocenters. The number of carbonyl (C=O) groups excluding carboxylic acids is 1. The van der Waals surface area contributed by atoms with Gasteiger partial charge in [0, 0.05) is 24.5 Å². The number of β-amino-alcohol motifs (C(OH)–C–C–N with tert-alkyl or cyclic N) is 1. The van der Waals surface area contributed by atoms with Crippen molar-refractivity contribution in [1.82, 2.24) is 10.2 Å². The molecule has 1 fully saturated rings. The number of fused-ring (bicyclic) bond motifs is 1. The highest BCUT2D eigenvalue weighted by Gasteiger charge is 2.32. The third kappa shape index (κ3) is 2.10. The maximum Gasteiger partial charge on any atom is 0.240 e. The molecule has 0 bridgehead atoms. The Labute approximate surface area is 104 Å². The van der Waals surface area contributed by atoms with Crippen molar-refractivity contribution in [2.24, 2.45) is 0 Å². The second-order valence-electron chi connectivity index (χ2n) is 4.73. The van der Waals surface area contributed by atoms with Crippen molar-refractivity contribution in [3.05, 3.63) is 21.9 Å². The van der Waals surface area contributed by atoms with Gasteiger partial charge in [-0.1, -0.05) is 0 Å². The van der Waals surface area contributed by atoms with Crippen LogP contribution in [0.3, 0.4) is 0 Å². The number of carbonyl (C=O) groups is 1. The molecule has 2 N–H and O–H groups in total. The first kappa shape index (κ1) is 11.2. The number of amides is 1. The van der Waals surface area contributed by atoms with E-state index in [2.05, 4.69) is 16.8 Å². The summed E-state index contributed by atoms with van der Waals surface area (Å²) in [5, 5.41) is 14.6. The number of rotatable bonds is 1. The summed E-state index contributed by atoms with van der Waals surface area (Å²) in [6, 6.07) is 1.92. The van der Waals surface area contributed by atoms with E-state index >= 15 is 0 Å². The average molecular weight is 252 g/mol. The number of aliphatic hydroxyl groups excluding tert-OH is 1. The van der Waals surface area contributed by atoms with E-state index in [1.54, 1.807) is 11.3 Å². The van der Waals surface area contributed by atoms with Crippen LogP contribution in [0.1, 0.15) is 16.9 Å². The summed E-state index contributed by atoms with van der Waals surface area (Å²) in [5.74, 6) is 0.137. The van der Waals surface area contributed by atoms with Gasteiger partial charge in [-0.05, 0) is 29.9 Å². The largest absolute Gasteiger partial charge is 0.392 e. The summed E-state index contributed by atoms with van der Waals surface area (Å²) < 4.78 is 0. The highest BCUT2D eigenvalue weighted by molar-refractivity contribution is 7.10. The third-order valence-corrected chi connectivity index (χ3v) is 4.55. The predicted molar refractivity (Wildman–Crippen MR) is 65.9 cm³/mol. The molecule has 4 nitrogen and oxygen atoms in total. The minimum absolute atomic E-state index is 0.137. The molecule has 3 heterocycles. The number of nitrogens with one attached hydrogen (secondary N) is 1. The van der Waals surface area contributed by atoms with E-state index in [9.17, 15) is 9.90 Å². The molecule has 17 heavy (non-hydrogen) atoms. The van der Waals surface area contributed by atoms with Gasteiger partial charge in [0.25, 0.3) is 0 Å². The van der Waals surface area contributed by atoms with Crippen LogP contribution in [0.25, 0.3) is 0 Å². The molecule has 1 aromatic rings. The van der Waals surface area contributed by atoms with Gasteiger partial charge in [0.1, 0.15) is 0 Å².